The zero-order valence-corrected chi connectivity index (χ0v) is 16.7. The highest BCUT2D eigenvalue weighted by Gasteiger charge is 2.56. The van der Waals surface area contributed by atoms with Crippen LogP contribution >= 0.6 is 0 Å². The van der Waals surface area contributed by atoms with Crippen LogP contribution in [0, 0.1) is 5.41 Å². The van der Waals surface area contributed by atoms with Gasteiger partial charge in [-0.2, -0.15) is 13.2 Å². The fraction of sp³-hybridized carbons (Fsp3) is 0.667. The number of Topliss-reactive ketones (excluding diaryl/α,β-unsaturated/α-hetero) is 1. The highest BCUT2D eigenvalue weighted by Crippen LogP contribution is 2.47. The van der Waals surface area contributed by atoms with Gasteiger partial charge in [-0.25, -0.2) is 0 Å². The van der Waals surface area contributed by atoms with Crippen LogP contribution in [0.1, 0.15) is 45.6 Å². The summed E-state index contributed by atoms with van der Waals surface area (Å²) < 4.78 is 38.9. The number of anilines is 1. The van der Waals surface area contributed by atoms with E-state index in [1.54, 1.807) is 6.92 Å². The molecule has 156 valence electrons. The molecule has 2 aliphatic heterocycles. The Balaban J connectivity index is 2.02. The van der Waals surface area contributed by atoms with Gasteiger partial charge >= 0.3 is 6.18 Å². The molecule has 4 nitrogen and oxygen atoms in total. The molecule has 0 aromatic heterocycles. The van der Waals surface area contributed by atoms with E-state index in [9.17, 15) is 23.1 Å². The Hall–Kier alpha value is -1.60. The maximum absolute atomic E-state index is 13.1. The number of alkyl halides is 3. The molecule has 2 fully saturated rings. The minimum atomic E-state index is -4.39. The summed E-state index contributed by atoms with van der Waals surface area (Å²) in [6.45, 7) is 8.03. The van der Waals surface area contributed by atoms with E-state index in [1.165, 1.54) is 12.1 Å². The maximum atomic E-state index is 13.1. The van der Waals surface area contributed by atoms with E-state index in [2.05, 4.69) is 18.7 Å². The second-order valence-electron chi connectivity index (χ2n) is 8.78. The van der Waals surface area contributed by atoms with Crippen LogP contribution in [0.4, 0.5) is 18.9 Å². The van der Waals surface area contributed by atoms with Crippen molar-refractivity contribution in [2.24, 2.45) is 5.41 Å². The first-order valence-electron chi connectivity index (χ1n) is 9.84. The molecular formula is C21H29F3N2O2. The molecule has 0 saturated carbocycles. The molecule has 7 heteroatoms. The van der Waals surface area contributed by atoms with Gasteiger partial charge in [0.1, 0.15) is 5.54 Å². The molecule has 3 rings (SSSR count). The molecule has 1 aromatic carbocycles. The summed E-state index contributed by atoms with van der Waals surface area (Å²) in [7, 11) is 0. The van der Waals surface area contributed by atoms with Crippen molar-refractivity contribution < 1.29 is 23.1 Å². The zero-order valence-electron chi connectivity index (χ0n) is 16.7. The second-order valence-corrected chi connectivity index (χ2v) is 8.78. The van der Waals surface area contributed by atoms with Crippen LogP contribution in [0.3, 0.4) is 0 Å². The van der Waals surface area contributed by atoms with Crippen molar-refractivity contribution in [3.05, 3.63) is 29.8 Å². The van der Waals surface area contributed by atoms with Crippen molar-refractivity contribution in [1.29, 1.82) is 0 Å². The van der Waals surface area contributed by atoms with Crippen LogP contribution in [0.25, 0.3) is 0 Å². The minimum absolute atomic E-state index is 0.0125. The number of benzene rings is 1. The first-order chi connectivity index (χ1) is 13.0. The van der Waals surface area contributed by atoms with E-state index in [0.717, 1.165) is 25.0 Å². The predicted molar refractivity (Wildman–Crippen MR) is 102 cm³/mol. The molecule has 28 heavy (non-hydrogen) atoms. The molecule has 0 spiro atoms. The van der Waals surface area contributed by atoms with Crippen LogP contribution in [-0.4, -0.2) is 53.6 Å². The maximum Gasteiger partial charge on any atom is 0.416 e. The lowest BCUT2D eigenvalue weighted by Gasteiger charge is -2.57. The molecule has 0 radical (unpaired) electrons. The summed E-state index contributed by atoms with van der Waals surface area (Å²) in [4.78, 5) is 17.2. The summed E-state index contributed by atoms with van der Waals surface area (Å²) in [6, 6.07) is 5.12. The molecular weight excluding hydrogens is 369 g/mol. The number of rotatable bonds is 4. The van der Waals surface area contributed by atoms with Gasteiger partial charge in [-0.1, -0.05) is 13.8 Å². The van der Waals surface area contributed by atoms with Crippen LogP contribution in [0.5, 0.6) is 0 Å². The number of carbonyl (C=O) groups is 1. The first-order valence-corrected chi connectivity index (χ1v) is 9.84. The number of β-amino-alcohol motifs (C(OH)–C–C–N with tert-alkyl or cyclic N) is 1. The monoisotopic (exact) mass is 398 g/mol. The van der Waals surface area contributed by atoms with Crippen molar-refractivity contribution in [3.63, 3.8) is 0 Å². The van der Waals surface area contributed by atoms with Gasteiger partial charge in [0.25, 0.3) is 0 Å². The number of aliphatic hydroxyl groups is 1. The van der Waals surface area contributed by atoms with E-state index < -0.39 is 23.4 Å². The Labute approximate surface area is 164 Å². The zero-order chi connectivity index (χ0) is 20.7. The lowest BCUT2D eigenvalue weighted by molar-refractivity contribution is -0.137. The first kappa shape index (κ1) is 21.1. The summed E-state index contributed by atoms with van der Waals surface area (Å²) in [5, 5.41) is 9.92. The van der Waals surface area contributed by atoms with Gasteiger partial charge in [0.05, 0.1) is 11.7 Å². The second kappa shape index (κ2) is 7.34. The van der Waals surface area contributed by atoms with Gasteiger partial charge in [0.2, 0.25) is 0 Å². The van der Waals surface area contributed by atoms with E-state index >= 15 is 0 Å². The number of nitrogens with zero attached hydrogens (tertiary/aromatic N) is 2. The summed E-state index contributed by atoms with van der Waals surface area (Å²) in [6.07, 6.45) is -2.38. The number of hydrogen-bond acceptors (Lipinski definition) is 4. The third-order valence-electron chi connectivity index (χ3n) is 6.55. The Kier molecular flexibility index (Phi) is 5.53. The standard InChI is InChI=1S/C21H29F3N2O2/c1-15(27)20(14-25-12-9-18(28)13-25)19(2,3)10-4-11-26(20)17-7-5-16(6-8-17)21(22,23)24/h5-8,18,28H,4,9-14H2,1-3H3. The predicted octanol–water partition coefficient (Wildman–Crippen LogP) is 3.73. The summed E-state index contributed by atoms with van der Waals surface area (Å²) >= 11 is 0. The third-order valence-corrected chi connectivity index (χ3v) is 6.55. The fourth-order valence-corrected chi connectivity index (χ4v) is 4.98. The highest BCUT2D eigenvalue weighted by molar-refractivity contribution is 5.91. The number of ketones is 1. The molecule has 0 bridgehead atoms. The number of carbonyl (C=O) groups excluding carboxylic acids is 1. The summed E-state index contributed by atoms with van der Waals surface area (Å²) in [5.41, 5.74) is -1.26. The molecule has 1 N–H and O–H groups in total. The molecule has 0 aliphatic carbocycles. The number of hydrogen-bond donors (Lipinski definition) is 1. The molecule has 2 aliphatic rings. The Morgan fingerprint density at radius 1 is 1.21 bits per heavy atom. The smallest absolute Gasteiger partial charge is 0.392 e. The van der Waals surface area contributed by atoms with Crippen molar-refractivity contribution in [2.75, 3.05) is 31.1 Å². The quantitative estimate of drug-likeness (QED) is 0.840. The van der Waals surface area contributed by atoms with Gasteiger partial charge in [-0.15, -0.1) is 0 Å². The van der Waals surface area contributed by atoms with Crippen molar-refractivity contribution in [1.82, 2.24) is 4.90 Å². The average molecular weight is 398 g/mol. The van der Waals surface area contributed by atoms with Crippen molar-refractivity contribution >= 4 is 11.5 Å². The Morgan fingerprint density at radius 2 is 1.86 bits per heavy atom. The van der Waals surface area contributed by atoms with Crippen LogP contribution in [0.2, 0.25) is 0 Å². The van der Waals surface area contributed by atoms with Crippen LogP contribution < -0.4 is 4.90 Å². The van der Waals surface area contributed by atoms with E-state index in [0.29, 0.717) is 38.3 Å². The normalized spacial score (nSPS) is 28.5. The van der Waals surface area contributed by atoms with E-state index in [-0.39, 0.29) is 11.2 Å². The van der Waals surface area contributed by atoms with Gasteiger partial charge in [0.15, 0.2) is 5.78 Å². The largest absolute Gasteiger partial charge is 0.416 e. The van der Waals surface area contributed by atoms with Gasteiger partial charge in [-0.05, 0) is 55.9 Å². The topological polar surface area (TPSA) is 43.8 Å². The van der Waals surface area contributed by atoms with Crippen LogP contribution in [0.15, 0.2) is 24.3 Å². The molecule has 2 heterocycles. The number of piperidine rings is 1. The van der Waals surface area contributed by atoms with E-state index in [1.807, 2.05) is 4.90 Å². The Bertz CT molecular complexity index is 717. The molecule has 1 aromatic rings. The van der Waals surface area contributed by atoms with Gasteiger partial charge in [-0.3, -0.25) is 9.69 Å². The molecule has 2 saturated heterocycles. The van der Waals surface area contributed by atoms with Crippen molar-refractivity contribution in [3.8, 4) is 0 Å². The van der Waals surface area contributed by atoms with Gasteiger partial charge in [0, 0.05) is 31.9 Å². The lowest BCUT2D eigenvalue weighted by atomic mass is 9.63. The number of likely N-dealkylation sites (tertiary alicyclic amines) is 1. The van der Waals surface area contributed by atoms with Crippen molar-refractivity contribution in [2.45, 2.75) is 57.9 Å². The average Bonchev–Trinajstić information content (AvgIpc) is 3.00. The molecule has 2 atom stereocenters. The number of aliphatic hydroxyl groups excluding tert-OH is 1. The summed E-state index contributed by atoms with van der Waals surface area (Å²) in [5.74, 6) is 0.0125. The number of halogens is 3. The third kappa shape index (κ3) is 3.66. The minimum Gasteiger partial charge on any atom is -0.392 e. The van der Waals surface area contributed by atoms with E-state index in [4.69, 9.17) is 0 Å². The van der Waals surface area contributed by atoms with Crippen LogP contribution in [-0.2, 0) is 11.0 Å². The Morgan fingerprint density at radius 3 is 2.36 bits per heavy atom. The highest BCUT2D eigenvalue weighted by atomic mass is 19.4. The molecule has 2 unspecified atom stereocenters. The fourth-order valence-electron chi connectivity index (χ4n) is 4.98. The SMILES string of the molecule is CC(=O)C1(CN2CCC(O)C2)N(c2ccc(C(F)(F)F)cc2)CCCC1(C)C. The van der Waals surface area contributed by atoms with Gasteiger partial charge < -0.3 is 10.0 Å². The lowest BCUT2D eigenvalue weighted by Crippen LogP contribution is -2.70. The molecule has 0 amide bonds.